The molecule has 2 aliphatic rings. The van der Waals surface area contributed by atoms with Crippen LogP contribution in [0.25, 0.3) is 6.08 Å². The number of hydrogen-bond donors (Lipinski definition) is 0. The molecule has 8 heteroatoms. The molecule has 0 aromatic heterocycles. The summed E-state index contributed by atoms with van der Waals surface area (Å²) in [6, 6.07) is 13.2. The first-order valence-corrected chi connectivity index (χ1v) is 10.8. The van der Waals surface area contributed by atoms with Crippen molar-refractivity contribution in [3.8, 4) is 5.75 Å². The number of nitrogens with zero attached hydrogens (tertiary/aromatic N) is 2. The number of rotatable bonds is 6. The van der Waals surface area contributed by atoms with E-state index in [9.17, 15) is 18.8 Å². The Balaban J connectivity index is 1.41. The van der Waals surface area contributed by atoms with E-state index in [1.54, 1.807) is 47.4 Å². The topological polar surface area (TPSA) is 66.9 Å². The fourth-order valence-electron chi connectivity index (χ4n) is 3.43. The molecule has 2 fully saturated rings. The van der Waals surface area contributed by atoms with Crippen molar-refractivity contribution in [3.05, 3.63) is 70.4 Å². The zero-order valence-corrected chi connectivity index (χ0v) is 17.6. The lowest BCUT2D eigenvalue weighted by molar-refractivity contribution is -0.135. The summed E-state index contributed by atoms with van der Waals surface area (Å²) in [5.74, 6) is -0.374. The van der Waals surface area contributed by atoms with Gasteiger partial charge in [0.2, 0.25) is 5.91 Å². The van der Waals surface area contributed by atoms with Gasteiger partial charge in [-0.1, -0.05) is 24.3 Å². The monoisotopic (exact) mass is 440 g/mol. The van der Waals surface area contributed by atoms with Crippen LogP contribution >= 0.6 is 11.8 Å². The number of amides is 3. The van der Waals surface area contributed by atoms with E-state index in [0.717, 1.165) is 35.1 Å². The van der Waals surface area contributed by atoms with Crippen molar-refractivity contribution in [1.82, 2.24) is 9.80 Å². The van der Waals surface area contributed by atoms with Crippen molar-refractivity contribution in [3.63, 3.8) is 0 Å². The highest BCUT2D eigenvalue weighted by Crippen LogP contribution is 2.32. The maximum atomic E-state index is 13.0. The average Bonchev–Trinajstić information content (AvgIpc) is 3.39. The van der Waals surface area contributed by atoms with Crippen LogP contribution in [0.5, 0.6) is 5.75 Å². The molecule has 160 valence electrons. The van der Waals surface area contributed by atoms with Gasteiger partial charge in [0.1, 0.15) is 24.7 Å². The third kappa shape index (κ3) is 5.14. The third-order valence-corrected chi connectivity index (χ3v) is 6.01. The minimum Gasteiger partial charge on any atom is -0.489 e. The lowest BCUT2D eigenvalue weighted by atomic mass is 10.2. The molecule has 2 heterocycles. The van der Waals surface area contributed by atoms with Gasteiger partial charge >= 0.3 is 0 Å². The zero-order chi connectivity index (χ0) is 21.8. The number of ether oxygens (including phenoxy) is 1. The van der Waals surface area contributed by atoms with Crippen LogP contribution in [-0.2, 0) is 16.2 Å². The van der Waals surface area contributed by atoms with E-state index >= 15 is 0 Å². The van der Waals surface area contributed by atoms with Gasteiger partial charge in [-0.2, -0.15) is 0 Å². The normalized spacial score (nSPS) is 17.6. The Bertz CT molecular complexity index is 1030. The fraction of sp³-hybridized carbons (Fsp3) is 0.261. The molecule has 0 bridgehead atoms. The molecule has 6 nitrogen and oxygen atoms in total. The largest absolute Gasteiger partial charge is 0.489 e. The molecule has 0 radical (unpaired) electrons. The number of thioether (sulfide) groups is 1. The van der Waals surface area contributed by atoms with E-state index in [1.165, 1.54) is 12.1 Å². The second kappa shape index (κ2) is 9.34. The summed E-state index contributed by atoms with van der Waals surface area (Å²) in [4.78, 5) is 40.3. The van der Waals surface area contributed by atoms with Gasteiger partial charge in [-0.25, -0.2) is 4.39 Å². The van der Waals surface area contributed by atoms with Crippen LogP contribution in [0.1, 0.15) is 24.0 Å². The molecule has 3 amide bonds. The first kappa shape index (κ1) is 21.1. The van der Waals surface area contributed by atoms with E-state index in [0.29, 0.717) is 24.4 Å². The standard InChI is InChI=1S/C23H21FN2O4S/c24-18-8-6-16(7-9-18)15-30-19-5-3-4-17(12-19)13-20-22(28)26(23(29)31-20)14-21(27)25-10-1-2-11-25/h3-9,12-13H,1-2,10-11,14-15H2/b20-13+. The molecule has 0 unspecified atom stereocenters. The summed E-state index contributed by atoms with van der Waals surface area (Å²) in [5, 5.41) is -0.437. The number of hydrogen-bond acceptors (Lipinski definition) is 5. The Morgan fingerprint density at radius 2 is 1.84 bits per heavy atom. The Morgan fingerprint density at radius 3 is 2.58 bits per heavy atom. The van der Waals surface area contributed by atoms with E-state index in [4.69, 9.17) is 4.74 Å². The summed E-state index contributed by atoms with van der Waals surface area (Å²) < 4.78 is 18.8. The molecule has 0 aliphatic carbocycles. The molecule has 0 spiro atoms. The van der Waals surface area contributed by atoms with Crippen LogP contribution in [0.4, 0.5) is 9.18 Å². The van der Waals surface area contributed by atoms with Crippen LogP contribution < -0.4 is 4.74 Å². The van der Waals surface area contributed by atoms with Crippen LogP contribution in [0.2, 0.25) is 0 Å². The molecule has 0 saturated carbocycles. The molecular formula is C23H21FN2O4S. The number of likely N-dealkylation sites (tertiary alicyclic amines) is 1. The van der Waals surface area contributed by atoms with Crippen molar-refractivity contribution in [2.75, 3.05) is 19.6 Å². The first-order chi connectivity index (χ1) is 15.0. The second-order valence-electron chi connectivity index (χ2n) is 7.34. The highest BCUT2D eigenvalue weighted by molar-refractivity contribution is 8.18. The van der Waals surface area contributed by atoms with E-state index in [-0.39, 0.29) is 29.8 Å². The number of benzene rings is 2. The van der Waals surface area contributed by atoms with E-state index in [1.807, 2.05) is 0 Å². The quantitative estimate of drug-likeness (QED) is 0.634. The summed E-state index contributed by atoms with van der Waals surface area (Å²) in [6.45, 7) is 1.41. The average molecular weight is 440 g/mol. The predicted molar refractivity (Wildman–Crippen MR) is 116 cm³/mol. The van der Waals surface area contributed by atoms with Crippen molar-refractivity contribution >= 4 is 34.9 Å². The highest BCUT2D eigenvalue weighted by atomic mass is 32.2. The minimum absolute atomic E-state index is 0.197. The van der Waals surface area contributed by atoms with Gasteiger partial charge in [-0.15, -0.1) is 0 Å². The summed E-state index contributed by atoms with van der Waals surface area (Å²) >= 11 is 0.830. The summed E-state index contributed by atoms with van der Waals surface area (Å²) in [7, 11) is 0. The molecule has 2 aromatic carbocycles. The fourth-order valence-corrected chi connectivity index (χ4v) is 4.27. The molecule has 2 saturated heterocycles. The number of halogens is 1. The van der Waals surface area contributed by atoms with Gasteiger partial charge in [0.25, 0.3) is 11.1 Å². The maximum Gasteiger partial charge on any atom is 0.294 e. The van der Waals surface area contributed by atoms with Crippen LogP contribution in [0.3, 0.4) is 0 Å². The first-order valence-electron chi connectivity index (χ1n) is 10.00. The Labute approximate surface area is 183 Å². The Hall–Kier alpha value is -3.13. The van der Waals surface area contributed by atoms with E-state index < -0.39 is 11.1 Å². The van der Waals surface area contributed by atoms with Gasteiger partial charge in [-0.05, 0) is 66.1 Å². The van der Waals surface area contributed by atoms with Crippen molar-refractivity contribution in [2.45, 2.75) is 19.4 Å². The predicted octanol–water partition coefficient (Wildman–Crippen LogP) is 4.06. The van der Waals surface area contributed by atoms with Gasteiger partial charge in [0, 0.05) is 13.1 Å². The molecule has 4 rings (SSSR count). The van der Waals surface area contributed by atoms with Crippen molar-refractivity contribution in [1.29, 1.82) is 0 Å². The number of imide groups is 1. The van der Waals surface area contributed by atoms with E-state index in [2.05, 4.69) is 0 Å². The van der Waals surface area contributed by atoms with Gasteiger partial charge in [0.15, 0.2) is 0 Å². The number of carbonyl (C=O) groups is 3. The lowest BCUT2D eigenvalue weighted by Gasteiger charge is -2.18. The Kier molecular flexibility index (Phi) is 6.36. The number of carbonyl (C=O) groups excluding carboxylic acids is 3. The lowest BCUT2D eigenvalue weighted by Crippen LogP contribution is -2.40. The molecule has 0 atom stereocenters. The van der Waals surface area contributed by atoms with Gasteiger partial charge < -0.3 is 9.64 Å². The van der Waals surface area contributed by atoms with Crippen molar-refractivity contribution < 1.29 is 23.5 Å². The minimum atomic E-state index is -0.458. The maximum absolute atomic E-state index is 13.0. The van der Waals surface area contributed by atoms with Gasteiger partial charge in [-0.3, -0.25) is 19.3 Å². The van der Waals surface area contributed by atoms with Crippen LogP contribution in [0, 0.1) is 5.82 Å². The summed E-state index contributed by atoms with van der Waals surface area (Å²) in [5.41, 5.74) is 1.53. The molecule has 0 N–H and O–H groups in total. The smallest absolute Gasteiger partial charge is 0.294 e. The van der Waals surface area contributed by atoms with Crippen LogP contribution in [-0.4, -0.2) is 46.5 Å². The van der Waals surface area contributed by atoms with Crippen LogP contribution in [0.15, 0.2) is 53.4 Å². The van der Waals surface area contributed by atoms with Crippen molar-refractivity contribution in [2.24, 2.45) is 0 Å². The highest BCUT2D eigenvalue weighted by Gasteiger charge is 2.37. The molecular weight excluding hydrogens is 419 g/mol. The second-order valence-corrected chi connectivity index (χ2v) is 8.34. The third-order valence-electron chi connectivity index (χ3n) is 5.10. The Morgan fingerprint density at radius 1 is 1.10 bits per heavy atom. The molecule has 31 heavy (non-hydrogen) atoms. The SMILES string of the molecule is O=C(CN1C(=O)S/C(=C/c2cccc(OCc3ccc(F)cc3)c2)C1=O)N1CCCC1. The zero-order valence-electron chi connectivity index (χ0n) is 16.8. The summed E-state index contributed by atoms with van der Waals surface area (Å²) in [6.07, 6.45) is 3.52. The molecule has 2 aliphatic heterocycles. The molecule has 2 aromatic rings. The van der Waals surface area contributed by atoms with Gasteiger partial charge in [0.05, 0.1) is 4.91 Å².